The van der Waals surface area contributed by atoms with Crippen molar-refractivity contribution in [3.63, 3.8) is 0 Å². The molecule has 4 nitrogen and oxygen atoms in total. The number of likely N-dealkylation sites (tertiary alicyclic amines) is 2. The molecule has 2 fully saturated rings. The molecule has 1 aromatic carbocycles. The van der Waals surface area contributed by atoms with Crippen LogP contribution in [0.5, 0.6) is 0 Å². The van der Waals surface area contributed by atoms with Gasteiger partial charge in [0.2, 0.25) is 5.91 Å². The van der Waals surface area contributed by atoms with Crippen LogP contribution in [0.2, 0.25) is 0 Å². The van der Waals surface area contributed by atoms with Crippen molar-refractivity contribution in [2.45, 2.75) is 31.7 Å². The van der Waals surface area contributed by atoms with Gasteiger partial charge < -0.3 is 4.90 Å². The predicted octanol–water partition coefficient (Wildman–Crippen LogP) is 2.79. The molecule has 2 saturated heterocycles. The molecule has 136 valence electrons. The SMILES string of the molecule is O=C(CCc1cccnc1)N1CC2CN(CCCc3ccccc3)C2C1. The van der Waals surface area contributed by atoms with Crippen LogP contribution >= 0.6 is 0 Å². The summed E-state index contributed by atoms with van der Waals surface area (Å²) in [5, 5.41) is 0. The van der Waals surface area contributed by atoms with Gasteiger partial charge in [0.15, 0.2) is 0 Å². The molecule has 2 unspecified atom stereocenters. The van der Waals surface area contributed by atoms with Gasteiger partial charge in [-0.05, 0) is 43.0 Å². The van der Waals surface area contributed by atoms with Crippen LogP contribution in [-0.2, 0) is 17.6 Å². The Morgan fingerprint density at radius 3 is 2.65 bits per heavy atom. The number of aromatic nitrogens is 1. The van der Waals surface area contributed by atoms with Crippen LogP contribution in [0.1, 0.15) is 24.0 Å². The summed E-state index contributed by atoms with van der Waals surface area (Å²) >= 11 is 0. The number of pyridine rings is 1. The molecule has 0 aliphatic carbocycles. The van der Waals surface area contributed by atoms with E-state index < -0.39 is 0 Å². The second-order valence-corrected chi connectivity index (χ2v) is 7.57. The van der Waals surface area contributed by atoms with E-state index >= 15 is 0 Å². The van der Waals surface area contributed by atoms with E-state index in [4.69, 9.17) is 0 Å². The molecule has 0 spiro atoms. The fraction of sp³-hybridized carbons (Fsp3) is 0.455. The molecular weight excluding hydrogens is 322 g/mol. The monoisotopic (exact) mass is 349 g/mol. The highest BCUT2D eigenvalue weighted by Crippen LogP contribution is 2.32. The Kier molecular flexibility index (Phi) is 5.30. The number of aryl methyl sites for hydroxylation is 2. The van der Waals surface area contributed by atoms with Gasteiger partial charge in [0, 0.05) is 50.4 Å². The normalized spacial score (nSPS) is 22.1. The average Bonchev–Trinajstić information content (AvgIpc) is 3.02. The number of benzene rings is 1. The lowest BCUT2D eigenvalue weighted by atomic mass is 9.91. The van der Waals surface area contributed by atoms with E-state index in [1.165, 1.54) is 12.0 Å². The molecule has 2 atom stereocenters. The van der Waals surface area contributed by atoms with Crippen molar-refractivity contribution < 1.29 is 4.79 Å². The first-order valence-corrected chi connectivity index (χ1v) is 9.74. The van der Waals surface area contributed by atoms with E-state index in [2.05, 4.69) is 45.1 Å². The summed E-state index contributed by atoms with van der Waals surface area (Å²) in [6, 6.07) is 15.3. The lowest BCUT2D eigenvalue weighted by molar-refractivity contribution is -0.130. The molecule has 0 bridgehead atoms. The third-order valence-corrected chi connectivity index (χ3v) is 5.80. The van der Waals surface area contributed by atoms with Gasteiger partial charge >= 0.3 is 0 Å². The zero-order valence-corrected chi connectivity index (χ0v) is 15.3. The van der Waals surface area contributed by atoms with E-state index in [1.54, 1.807) is 6.20 Å². The summed E-state index contributed by atoms with van der Waals surface area (Å²) in [7, 11) is 0. The molecule has 2 aliphatic rings. The Bertz CT molecular complexity index is 719. The van der Waals surface area contributed by atoms with Crippen LogP contribution in [0, 0.1) is 5.92 Å². The van der Waals surface area contributed by atoms with Gasteiger partial charge in [-0.1, -0.05) is 36.4 Å². The third kappa shape index (κ3) is 3.96. The largest absolute Gasteiger partial charge is 0.341 e. The lowest BCUT2D eigenvalue weighted by Gasteiger charge is -2.43. The summed E-state index contributed by atoms with van der Waals surface area (Å²) < 4.78 is 0. The highest BCUT2D eigenvalue weighted by atomic mass is 16.2. The molecule has 0 N–H and O–H groups in total. The number of hydrogen-bond donors (Lipinski definition) is 0. The van der Waals surface area contributed by atoms with E-state index in [0.717, 1.165) is 44.6 Å². The second-order valence-electron chi connectivity index (χ2n) is 7.57. The number of rotatable bonds is 7. The van der Waals surface area contributed by atoms with Crippen molar-refractivity contribution in [3.8, 4) is 0 Å². The van der Waals surface area contributed by atoms with Gasteiger partial charge in [-0.25, -0.2) is 0 Å². The minimum absolute atomic E-state index is 0.299. The zero-order valence-electron chi connectivity index (χ0n) is 15.3. The van der Waals surface area contributed by atoms with Gasteiger partial charge in [-0.3, -0.25) is 14.7 Å². The van der Waals surface area contributed by atoms with E-state index in [1.807, 2.05) is 18.3 Å². The fourth-order valence-corrected chi connectivity index (χ4v) is 4.29. The first kappa shape index (κ1) is 17.2. The first-order chi connectivity index (χ1) is 12.8. The van der Waals surface area contributed by atoms with Crippen LogP contribution in [0.25, 0.3) is 0 Å². The summed E-state index contributed by atoms with van der Waals surface area (Å²) in [6.45, 7) is 4.17. The third-order valence-electron chi connectivity index (χ3n) is 5.80. The molecule has 4 rings (SSSR count). The molecule has 26 heavy (non-hydrogen) atoms. The van der Waals surface area contributed by atoms with E-state index in [0.29, 0.717) is 24.3 Å². The van der Waals surface area contributed by atoms with Gasteiger partial charge in [0.1, 0.15) is 0 Å². The van der Waals surface area contributed by atoms with Crippen molar-refractivity contribution in [2.75, 3.05) is 26.2 Å². The maximum Gasteiger partial charge on any atom is 0.222 e. The van der Waals surface area contributed by atoms with Gasteiger partial charge in [-0.2, -0.15) is 0 Å². The molecule has 2 aromatic rings. The Morgan fingerprint density at radius 1 is 1.00 bits per heavy atom. The lowest BCUT2D eigenvalue weighted by Crippen LogP contribution is -2.55. The first-order valence-electron chi connectivity index (χ1n) is 9.74. The summed E-state index contributed by atoms with van der Waals surface area (Å²) in [5.74, 6) is 0.988. The number of nitrogens with zero attached hydrogens (tertiary/aromatic N) is 3. The smallest absolute Gasteiger partial charge is 0.222 e. The van der Waals surface area contributed by atoms with E-state index in [-0.39, 0.29) is 0 Å². The van der Waals surface area contributed by atoms with Crippen molar-refractivity contribution in [1.82, 2.24) is 14.8 Å². The molecule has 0 saturated carbocycles. The van der Waals surface area contributed by atoms with Crippen LogP contribution < -0.4 is 0 Å². The fourth-order valence-electron chi connectivity index (χ4n) is 4.29. The average molecular weight is 349 g/mol. The van der Waals surface area contributed by atoms with E-state index in [9.17, 15) is 4.79 Å². The van der Waals surface area contributed by atoms with Gasteiger partial charge in [-0.15, -0.1) is 0 Å². The maximum absolute atomic E-state index is 12.5. The Balaban J connectivity index is 1.19. The Labute approximate surface area is 155 Å². The number of hydrogen-bond acceptors (Lipinski definition) is 3. The number of fused-ring (bicyclic) bond motifs is 1. The maximum atomic E-state index is 12.5. The highest BCUT2D eigenvalue weighted by molar-refractivity contribution is 5.77. The molecule has 1 aromatic heterocycles. The topological polar surface area (TPSA) is 36.4 Å². The molecule has 4 heteroatoms. The van der Waals surface area contributed by atoms with Crippen LogP contribution in [0.4, 0.5) is 0 Å². The van der Waals surface area contributed by atoms with Crippen LogP contribution in [0.15, 0.2) is 54.9 Å². The summed E-state index contributed by atoms with van der Waals surface area (Å²) in [6.07, 6.45) is 7.36. The minimum Gasteiger partial charge on any atom is -0.341 e. The highest BCUT2D eigenvalue weighted by Gasteiger charge is 2.46. The standard InChI is InChI=1S/C22H27N3O/c26-22(11-10-19-8-4-12-23-14-19)25-16-20-15-24(21(20)17-25)13-5-9-18-6-2-1-3-7-18/h1-4,6-8,12,14,20-21H,5,9-11,13,15-17H2. The van der Waals surface area contributed by atoms with Crippen molar-refractivity contribution in [1.29, 1.82) is 0 Å². The number of amides is 1. The van der Waals surface area contributed by atoms with Crippen molar-refractivity contribution >= 4 is 5.91 Å². The summed E-state index contributed by atoms with van der Waals surface area (Å²) in [4.78, 5) is 21.3. The Morgan fingerprint density at radius 2 is 1.85 bits per heavy atom. The Hall–Kier alpha value is -2.20. The second kappa shape index (κ2) is 8.00. The van der Waals surface area contributed by atoms with Gasteiger partial charge in [0.25, 0.3) is 0 Å². The molecule has 2 aliphatic heterocycles. The predicted molar refractivity (Wildman–Crippen MR) is 103 cm³/mol. The number of carbonyl (C=O) groups is 1. The molecule has 1 amide bonds. The van der Waals surface area contributed by atoms with Crippen LogP contribution in [0.3, 0.4) is 0 Å². The quantitative estimate of drug-likeness (QED) is 0.771. The zero-order chi connectivity index (χ0) is 17.8. The molecular formula is C22H27N3O. The molecule has 3 heterocycles. The molecule has 0 radical (unpaired) electrons. The minimum atomic E-state index is 0.299. The van der Waals surface area contributed by atoms with Crippen molar-refractivity contribution in [3.05, 3.63) is 66.0 Å². The number of carbonyl (C=O) groups excluding carboxylic acids is 1. The van der Waals surface area contributed by atoms with Crippen molar-refractivity contribution in [2.24, 2.45) is 5.92 Å². The van der Waals surface area contributed by atoms with Gasteiger partial charge in [0.05, 0.1) is 0 Å². The van der Waals surface area contributed by atoms with Crippen LogP contribution in [-0.4, -0.2) is 52.9 Å². The summed E-state index contributed by atoms with van der Waals surface area (Å²) in [5.41, 5.74) is 2.56.